The number of nitro benzene ring substituents is 1. The maximum Gasteiger partial charge on any atom is 0.307 e. The molecule has 0 fully saturated rings. The van der Waals surface area contributed by atoms with Crippen LogP contribution in [0.1, 0.15) is 5.56 Å². The van der Waals surface area contributed by atoms with Crippen LogP contribution in [0, 0.1) is 10.1 Å². The molecule has 15 heavy (non-hydrogen) atoms. The van der Waals surface area contributed by atoms with E-state index in [2.05, 4.69) is 0 Å². The molecule has 7 heteroatoms. The second kappa shape index (κ2) is 4.46. The van der Waals surface area contributed by atoms with Crippen LogP contribution in [0.25, 0.3) is 0 Å². The Kier molecular flexibility index (Phi) is 3.49. The molecule has 0 heterocycles. The monoisotopic (exact) mass is 249 g/mol. The molecule has 0 radical (unpaired) electrons. The lowest BCUT2D eigenvalue weighted by Crippen LogP contribution is -2.01. The molecule has 0 amide bonds. The van der Waals surface area contributed by atoms with Crippen molar-refractivity contribution < 1.29 is 14.8 Å². The fourth-order valence-electron chi connectivity index (χ4n) is 1.02. The van der Waals surface area contributed by atoms with Crippen LogP contribution in [-0.2, 0) is 11.2 Å². The van der Waals surface area contributed by atoms with E-state index in [1.54, 1.807) is 0 Å². The molecule has 0 spiro atoms. The second-order valence-electron chi connectivity index (χ2n) is 2.72. The molecule has 0 saturated heterocycles. The van der Waals surface area contributed by atoms with Crippen molar-refractivity contribution in [1.82, 2.24) is 0 Å². The zero-order valence-electron chi connectivity index (χ0n) is 7.24. The summed E-state index contributed by atoms with van der Waals surface area (Å²) >= 11 is 11.2. The minimum absolute atomic E-state index is 0.0218. The number of benzene rings is 1. The molecule has 1 rings (SSSR count). The highest BCUT2D eigenvalue weighted by Crippen LogP contribution is 2.30. The van der Waals surface area contributed by atoms with Crippen LogP contribution >= 0.6 is 23.2 Å². The summed E-state index contributed by atoms with van der Waals surface area (Å²) in [4.78, 5) is 20.2. The van der Waals surface area contributed by atoms with E-state index in [1.165, 1.54) is 6.07 Å². The zero-order valence-corrected chi connectivity index (χ0v) is 8.75. The molecule has 0 unspecified atom stereocenters. The summed E-state index contributed by atoms with van der Waals surface area (Å²) in [5, 5.41) is 18.9. The summed E-state index contributed by atoms with van der Waals surface area (Å²) < 4.78 is 0. The van der Waals surface area contributed by atoms with Gasteiger partial charge in [0.15, 0.2) is 0 Å². The predicted octanol–water partition coefficient (Wildman–Crippen LogP) is 2.53. The Bertz CT molecular complexity index is 433. The van der Waals surface area contributed by atoms with Crippen LogP contribution in [0.3, 0.4) is 0 Å². The lowest BCUT2D eigenvalue weighted by atomic mass is 10.1. The highest BCUT2D eigenvalue weighted by atomic mass is 35.5. The van der Waals surface area contributed by atoms with Crippen molar-refractivity contribution in [3.05, 3.63) is 37.9 Å². The average Bonchev–Trinajstić information content (AvgIpc) is 2.09. The summed E-state index contributed by atoms with van der Waals surface area (Å²) in [6, 6.07) is 2.23. The molecule has 0 aliphatic carbocycles. The predicted molar refractivity (Wildman–Crippen MR) is 54.5 cm³/mol. The first-order valence-corrected chi connectivity index (χ1v) is 4.51. The lowest BCUT2D eigenvalue weighted by Gasteiger charge is -2.02. The van der Waals surface area contributed by atoms with Crippen LogP contribution in [-0.4, -0.2) is 16.0 Å². The third-order valence-corrected chi connectivity index (χ3v) is 2.31. The van der Waals surface area contributed by atoms with E-state index < -0.39 is 10.9 Å². The first-order valence-electron chi connectivity index (χ1n) is 3.76. The number of nitro groups is 1. The van der Waals surface area contributed by atoms with E-state index in [9.17, 15) is 14.9 Å². The van der Waals surface area contributed by atoms with E-state index >= 15 is 0 Å². The quantitative estimate of drug-likeness (QED) is 0.660. The van der Waals surface area contributed by atoms with Gasteiger partial charge in [-0.25, -0.2) is 0 Å². The second-order valence-corrected chi connectivity index (χ2v) is 3.54. The van der Waals surface area contributed by atoms with Gasteiger partial charge in [-0.3, -0.25) is 14.9 Å². The van der Waals surface area contributed by atoms with E-state index in [0.717, 1.165) is 6.07 Å². The van der Waals surface area contributed by atoms with Gasteiger partial charge in [-0.15, -0.1) is 0 Å². The number of carboxylic acids is 1. The molecule has 80 valence electrons. The Morgan fingerprint density at radius 1 is 1.40 bits per heavy atom. The van der Waals surface area contributed by atoms with Gasteiger partial charge in [-0.1, -0.05) is 23.2 Å². The molecule has 1 aromatic rings. The normalized spacial score (nSPS) is 10.0. The average molecular weight is 250 g/mol. The number of halogens is 2. The van der Waals surface area contributed by atoms with Crippen LogP contribution in [0.4, 0.5) is 5.69 Å². The molecule has 0 atom stereocenters. The third-order valence-electron chi connectivity index (χ3n) is 1.65. The molecule has 0 aromatic heterocycles. The molecule has 5 nitrogen and oxygen atoms in total. The van der Waals surface area contributed by atoms with Gasteiger partial charge < -0.3 is 5.11 Å². The topological polar surface area (TPSA) is 80.4 Å². The smallest absolute Gasteiger partial charge is 0.307 e. The first-order chi connectivity index (χ1) is 6.91. The standard InChI is InChI=1S/C8H5Cl2NO4/c9-5-3-7(11(14)15)6(10)1-4(5)2-8(12)13/h1,3H,2H2,(H,12,13). The minimum atomic E-state index is -1.08. The molecular weight excluding hydrogens is 245 g/mol. The van der Waals surface area contributed by atoms with Gasteiger partial charge in [-0.2, -0.15) is 0 Å². The van der Waals surface area contributed by atoms with Crippen molar-refractivity contribution in [2.75, 3.05) is 0 Å². The maximum absolute atomic E-state index is 10.5. The Morgan fingerprint density at radius 2 is 2.00 bits per heavy atom. The molecule has 0 aliphatic heterocycles. The number of carbonyl (C=O) groups is 1. The Labute approximate surface area is 94.4 Å². The van der Waals surface area contributed by atoms with Gasteiger partial charge in [0.2, 0.25) is 0 Å². The van der Waals surface area contributed by atoms with Crippen molar-refractivity contribution in [2.45, 2.75) is 6.42 Å². The molecule has 1 aromatic carbocycles. The van der Waals surface area contributed by atoms with Crippen LogP contribution in [0.2, 0.25) is 10.0 Å². The van der Waals surface area contributed by atoms with E-state index in [1.807, 2.05) is 0 Å². The van der Waals surface area contributed by atoms with E-state index in [-0.39, 0.29) is 27.7 Å². The van der Waals surface area contributed by atoms with Crippen molar-refractivity contribution in [1.29, 1.82) is 0 Å². The molecule has 1 N–H and O–H groups in total. The van der Waals surface area contributed by atoms with Gasteiger partial charge in [0.25, 0.3) is 5.69 Å². The van der Waals surface area contributed by atoms with Crippen molar-refractivity contribution in [3.63, 3.8) is 0 Å². The summed E-state index contributed by atoms with van der Waals surface area (Å²) in [5.74, 6) is -1.08. The molecule has 0 aliphatic rings. The van der Waals surface area contributed by atoms with Crippen molar-refractivity contribution in [3.8, 4) is 0 Å². The molecule has 0 saturated carbocycles. The van der Waals surface area contributed by atoms with Gasteiger partial charge in [0.1, 0.15) is 5.02 Å². The number of carboxylic acid groups (broad SMARTS) is 1. The fourth-order valence-corrected chi connectivity index (χ4v) is 1.50. The number of rotatable bonds is 3. The highest BCUT2D eigenvalue weighted by Gasteiger charge is 2.17. The number of nitrogens with zero attached hydrogens (tertiary/aromatic N) is 1. The fraction of sp³-hybridized carbons (Fsp3) is 0.125. The minimum Gasteiger partial charge on any atom is -0.481 e. The number of hydrogen-bond acceptors (Lipinski definition) is 3. The Hall–Kier alpha value is -1.33. The lowest BCUT2D eigenvalue weighted by molar-refractivity contribution is -0.384. The third kappa shape index (κ3) is 2.81. The van der Waals surface area contributed by atoms with Crippen LogP contribution in [0.5, 0.6) is 0 Å². The maximum atomic E-state index is 10.5. The molecular formula is C8H5Cl2NO4. The largest absolute Gasteiger partial charge is 0.481 e. The summed E-state index contributed by atoms with van der Waals surface area (Å²) in [6.07, 6.45) is -0.323. The van der Waals surface area contributed by atoms with Gasteiger partial charge in [-0.05, 0) is 11.6 Å². The number of hydrogen-bond donors (Lipinski definition) is 1. The molecule has 0 bridgehead atoms. The first kappa shape index (κ1) is 11.7. The highest BCUT2D eigenvalue weighted by molar-refractivity contribution is 6.35. The summed E-state index contributed by atoms with van der Waals surface area (Å²) in [6.45, 7) is 0. The summed E-state index contributed by atoms with van der Waals surface area (Å²) in [5.41, 5.74) is -0.0874. The van der Waals surface area contributed by atoms with Gasteiger partial charge >= 0.3 is 5.97 Å². The Balaban J connectivity index is 3.19. The van der Waals surface area contributed by atoms with E-state index in [4.69, 9.17) is 28.3 Å². The van der Waals surface area contributed by atoms with E-state index in [0.29, 0.717) is 0 Å². The van der Waals surface area contributed by atoms with Crippen LogP contribution in [0.15, 0.2) is 12.1 Å². The van der Waals surface area contributed by atoms with Crippen LogP contribution < -0.4 is 0 Å². The van der Waals surface area contributed by atoms with Gasteiger partial charge in [0.05, 0.1) is 16.4 Å². The Morgan fingerprint density at radius 3 is 2.47 bits per heavy atom. The van der Waals surface area contributed by atoms with Gasteiger partial charge in [0, 0.05) is 6.07 Å². The SMILES string of the molecule is O=C(O)Cc1cc(Cl)c([N+](=O)[O-])cc1Cl. The number of aliphatic carboxylic acids is 1. The zero-order chi connectivity index (χ0) is 11.6. The summed E-state index contributed by atoms with van der Waals surface area (Å²) in [7, 11) is 0. The van der Waals surface area contributed by atoms with Crippen molar-refractivity contribution >= 4 is 34.9 Å². The van der Waals surface area contributed by atoms with Crippen molar-refractivity contribution in [2.24, 2.45) is 0 Å².